The lowest BCUT2D eigenvalue weighted by Gasteiger charge is -2.09. The summed E-state index contributed by atoms with van der Waals surface area (Å²) in [6.45, 7) is 4.55. The molecular weight excluding hydrogens is 284 g/mol. The van der Waals surface area contributed by atoms with Crippen molar-refractivity contribution in [1.29, 1.82) is 0 Å². The van der Waals surface area contributed by atoms with Gasteiger partial charge in [-0.1, -0.05) is 32.4 Å². The molecule has 0 fully saturated rings. The molecule has 3 N–H and O–H groups in total. The molecule has 0 aliphatic carbocycles. The third-order valence-electron chi connectivity index (χ3n) is 3.38. The number of carboxylic acid groups (broad SMARTS) is 1. The van der Waals surface area contributed by atoms with Gasteiger partial charge in [0, 0.05) is 6.54 Å². The molecule has 0 atom stereocenters. The number of hydrogen-bond donors (Lipinski definition) is 3. The van der Waals surface area contributed by atoms with Crippen LogP contribution in [-0.2, 0) is 6.42 Å². The molecule has 0 radical (unpaired) electrons. The number of imidazole rings is 1. The SMILES string of the molecule is CCCCNC(=O)n1c(NC(=O)O)nc2c(CC)cccc21. The van der Waals surface area contributed by atoms with Crippen LogP contribution in [0.4, 0.5) is 15.5 Å². The van der Waals surface area contributed by atoms with E-state index >= 15 is 0 Å². The zero-order chi connectivity index (χ0) is 16.1. The lowest BCUT2D eigenvalue weighted by Crippen LogP contribution is -2.30. The molecule has 1 aromatic heterocycles. The fourth-order valence-corrected chi connectivity index (χ4v) is 2.28. The largest absolute Gasteiger partial charge is 0.465 e. The summed E-state index contributed by atoms with van der Waals surface area (Å²) in [7, 11) is 0. The molecule has 2 amide bonds. The highest BCUT2D eigenvalue weighted by molar-refractivity contribution is 5.96. The molecule has 0 saturated heterocycles. The normalized spacial score (nSPS) is 10.6. The molecule has 0 spiro atoms. The zero-order valence-corrected chi connectivity index (χ0v) is 12.7. The molecule has 1 aromatic carbocycles. The first kappa shape index (κ1) is 15.8. The van der Waals surface area contributed by atoms with Crippen molar-refractivity contribution in [3.05, 3.63) is 23.8 Å². The van der Waals surface area contributed by atoms with Gasteiger partial charge in [-0.05, 0) is 24.5 Å². The van der Waals surface area contributed by atoms with Gasteiger partial charge in [0.2, 0.25) is 5.95 Å². The van der Waals surface area contributed by atoms with Crippen molar-refractivity contribution in [2.45, 2.75) is 33.1 Å². The number of benzene rings is 1. The van der Waals surface area contributed by atoms with E-state index < -0.39 is 6.09 Å². The van der Waals surface area contributed by atoms with E-state index in [2.05, 4.69) is 15.6 Å². The monoisotopic (exact) mass is 304 g/mol. The van der Waals surface area contributed by atoms with Gasteiger partial charge < -0.3 is 10.4 Å². The number of nitrogens with zero attached hydrogens (tertiary/aromatic N) is 2. The van der Waals surface area contributed by atoms with Crippen LogP contribution in [0.15, 0.2) is 18.2 Å². The van der Waals surface area contributed by atoms with Crippen molar-refractivity contribution in [3.8, 4) is 0 Å². The van der Waals surface area contributed by atoms with Crippen LogP contribution in [0.3, 0.4) is 0 Å². The van der Waals surface area contributed by atoms with E-state index in [1.54, 1.807) is 6.07 Å². The fraction of sp³-hybridized carbons (Fsp3) is 0.400. The first-order chi connectivity index (χ1) is 10.6. The van der Waals surface area contributed by atoms with Gasteiger partial charge in [-0.3, -0.25) is 5.32 Å². The van der Waals surface area contributed by atoms with E-state index in [9.17, 15) is 9.59 Å². The zero-order valence-electron chi connectivity index (χ0n) is 12.7. The van der Waals surface area contributed by atoms with E-state index in [1.807, 2.05) is 26.0 Å². The maximum atomic E-state index is 12.4. The van der Waals surface area contributed by atoms with E-state index in [-0.39, 0.29) is 12.0 Å². The average molecular weight is 304 g/mol. The van der Waals surface area contributed by atoms with Crippen LogP contribution in [-0.4, -0.2) is 33.3 Å². The summed E-state index contributed by atoms with van der Waals surface area (Å²) >= 11 is 0. The number of amides is 2. The minimum atomic E-state index is -1.25. The Balaban J connectivity index is 2.48. The Morgan fingerprint density at radius 1 is 1.32 bits per heavy atom. The first-order valence-electron chi connectivity index (χ1n) is 7.37. The van der Waals surface area contributed by atoms with E-state index in [4.69, 9.17) is 5.11 Å². The number of para-hydroxylation sites is 1. The van der Waals surface area contributed by atoms with Gasteiger partial charge in [0.25, 0.3) is 0 Å². The third-order valence-corrected chi connectivity index (χ3v) is 3.38. The molecule has 7 nitrogen and oxygen atoms in total. The second-order valence-electron chi connectivity index (χ2n) is 4.92. The molecule has 0 saturated carbocycles. The highest BCUT2D eigenvalue weighted by atomic mass is 16.4. The Bertz CT molecular complexity index is 693. The summed E-state index contributed by atoms with van der Waals surface area (Å²) in [6, 6.07) is 5.13. The maximum Gasteiger partial charge on any atom is 0.411 e. The molecule has 1 heterocycles. The van der Waals surface area contributed by atoms with Gasteiger partial charge in [0.1, 0.15) is 0 Å². The van der Waals surface area contributed by atoms with Gasteiger partial charge in [-0.25, -0.2) is 19.1 Å². The standard InChI is InChI=1S/C15H20N4O3/c1-3-5-9-16-14(20)19-11-8-6-7-10(4-2)12(11)17-13(19)18-15(21)22/h6-8H,3-5,9H2,1-2H3,(H,16,20)(H,17,18)(H,21,22). The molecule has 7 heteroatoms. The van der Waals surface area contributed by atoms with Crippen molar-refractivity contribution >= 4 is 29.1 Å². The second-order valence-corrected chi connectivity index (χ2v) is 4.92. The number of carbonyl (C=O) groups excluding carboxylic acids is 1. The van der Waals surface area contributed by atoms with Gasteiger partial charge in [-0.15, -0.1) is 0 Å². The number of fused-ring (bicyclic) bond motifs is 1. The van der Waals surface area contributed by atoms with Crippen molar-refractivity contribution < 1.29 is 14.7 Å². The smallest absolute Gasteiger partial charge is 0.411 e. The minimum absolute atomic E-state index is 0.0115. The maximum absolute atomic E-state index is 12.4. The number of unbranched alkanes of at least 4 members (excludes halogenated alkanes) is 1. The van der Waals surface area contributed by atoms with Crippen LogP contribution in [0.25, 0.3) is 11.0 Å². The quantitative estimate of drug-likeness (QED) is 0.740. The summed E-state index contributed by atoms with van der Waals surface area (Å²) in [5, 5.41) is 13.9. The van der Waals surface area contributed by atoms with E-state index in [0.29, 0.717) is 17.6 Å². The number of hydrogen-bond acceptors (Lipinski definition) is 3. The van der Waals surface area contributed by atoms with Gasteiger partial charge in [0.15, 0.2) is 0 Å². The van der Waals surface area contributed by atoms with Crippen molar-refractivity contribution in [2.24, 2.45) is 0 Å². The van der Waals surface area contributed by atoms with Crippen LogP contribution < -0.4 is 10.6 Å². The Morgan fingerprint density at radius 2 is 2.09 bits per heavy atom. The summed E-state index contributed by atoms with van der Waals surface area (Å²) < 4.78 is 1.28. The minimum Gasteiger partial charge on any atom is -0.465 e. The molecule has 2 rings (SSSR count). The van der Waals surface area contributed by atoms with E-state index in [1.165, 1.54) is 4.57 Å². The predicted octanol–water partition coefficient (Wildman–Crippen LogP) is 3.05. The van der Waals surface area contributed by atoms with Crippen LogP contribution in [0.5, 0.6) is 0 Å². The topological polar surface area (TPSA) is 96.2 Å². The van der Waals surface area contributed by atoms with Gasteiger partial charge in [0.05, 0.1) is 11.0 Å². The van der Waals surface area contributed by atoms with Gasteiger partial charge in [-0.2, -0.15) is 0 Å². The first-order valence-corrected chi connectivity index (χ1v) is 7.37. The highest BCUT2D eigenvalue weighted by Gasteiger charge is 2.19. The number of rotatable bonds is 5. The second kappa shape index (κ2) is 6.93. The molecule has 0 unspecified atom stereocenters. The number of anilines is 1. The fourth-order valence-electron chi connectivity index (χ4n) is 2.28. The lowest BCUT2D eigenvalue weighted by atomic mass is 10.1. The average Bonchev–Trinajstić information content (AvgIpc) is 2.84. The molecule has 0 bridgehead atoms. The number of aromatic nitrogens is 2. The molecular formula is C15H20N4O3. The third kappa shape index (κ3) is 3.19. The molecule has 118 valence electrons. The van der Waals surface area contributed by atoms with E-state index in [0.717, 1.165) is 24.8 Å². The van der Waals surface area contributed by atoms with Crippen LogP contribution in [0, 0.1) is 0 Å². The molecule has 0 aliphatic rings. The van der Waals surface area contributed by atoms with Crippen LogP contribution in [0.1, 0.15) is 32.3 Å². The van der Waals surface area contributed by atoms with Crippen LogP contribution >= 0.6 is 0 Å². The number of carbonyl (C=O) groups is 2. The number of nitrogens with one attached hydrogen (secondary N) is 2. The molecule has 0 aliphatic heterocycles. The summed E-state index contributed by atoms with van der Waals surface area (Å²) in [5.41, 5.74) is 2.20. The Morgan fingerprint density at radius 3 is 2.73 bits per heavy atom. The summed E-state index contributed by atoms with van der Waals surface area (Å²) in [4.78, 5) is 27.6. The van der Waals surface area contributed by atoms with Crippen molar-refractivity contribution in [2.75, 3.05) is 11.9 Å². The molecule has 22 heavy (non-hydrogen) atoms. The Hall–Kier alpha value is -2.57. The summed E-state index contributed by atoms with van der Waals surface area (Å²) in [5.74, 6) is 0.0115. The van der Waals surface area contributed by atoms with Gasteiger partial charge >= 0.3 is 12.1 Å². The van der Waals surface area contributed by atoms with Crippen molar-refractivity contribution in [1.82, 2.24) is 14.9 Å². The van der Waals surface area contributed by atoms with Crippen LogP contribution in [0.2, 0.25) is 0 Å². The molecule has 2 aromatic rings. The number of aryl methyl sites for hydroxylation is 1. The van der Waals surface area contributed by atoms with Crippen molar-refractivity contribution in [3.63, 3.8) is 0 Å². The highest BCUT2D eigenvalue weighted by Crippen LogP contribution is 2.23. The predicted molar refractivity (Wildman–Crippen MR) is 84.5 cm³/mol. The Kier molecular flexibility index (Phi) is 4.98. The Labute approximate surface area is 128 Å². The lowest BCUT2D eigenvalue weighted by molar-refractivity contribution is 0.209. The summed E-state index contributed by atoms with van der Waals surface area (Å²) in [6.07, 6.45) is 1.32.